The summed E-state index contributed by atoms with van der Waals surface area (Å²) in [5, 5.41) is 11.5. The molecule has 1 aliphatic heterocycles. The molecule has 2 aromatic rings. The smallest absolute Gasteiger partial charge is 0.338 e. The van der Waals surface area contributed by atoms with Crippen molar-refractivity contribution in [1.82, 2.24) is 0 Å². The maximum Gasteiger partial charge on any atom is 0.338 e. The van der Waals surface area contributed by atoms with Crippen LogP contribution >= 0.6 is 0 Å². The molecule has 4 rings (SSSR count). The number of carbonyl (C=O) groups excluding carboxylic acids is 1. The summed E-state index contributed by atoms with van der Waals surface area (Å²) >= 11 is 0. The Morgan fingerprint density at radius 2 is 1.74 bits per heavy atom. The van der Waals surface area contributed by atoms with E-state index in [1.165, 1.54) is 14.2 Å². The lowest BCUT2D eigenvalue weighted by Crippen LogP contribution is -2.23. The largest absolute Gasteiger partial charge is 0.493 e. The van der Waals surface area contributed by atoms with Gasteiger partial charge in [0.2, 0.25) is 18.3 Å². The summed E-state index contributed by atoms with van der Waals surface area (Å²) in [6, 6.07) is 3.67. The molecule has 0 spiro atoms. The molecule has 0 saturated carbocycles. The number of esters is 1. The predicted molar refractivity (Wildman–Crippen MR) is 130 cm³/mol. The van der Waals surface area contributed by atoms with E-state index in [0.29, 0.717) is 51.7 Å². The minimum atomic E-state index is -0.828. The molecule has 2 aliphatic rings. The molecule has 0 radical (unpaired) electrons. The molecule has 2 aromatic carbocycles. The van der Waals surface area contributed by atoms with Gasteiger partial charge < -0.3 is 33.5 Å². The summed E-state index contributed by atoms with van der Waals surface area (Å²) < 4.78 is 34.5. The highest BCUT2D eigenvalue weighted by molar-refractivity contribution is 5.94. The Kier molecular flexibility index (Phi) is 6.85. The number of allylic oxidation sites excluding steroid dienone is 1. The summed E-state index contributed by atoms with van der Waals surface area (Å²) in [5.41, 5.74) is 3.06. The van der Waals surface area contributed by atoms with Crippen LogP contribution in [0.1, 0.15) is 44.9 Å². The SMILES string of the molecule is CC=C(C)C(=O)Oc1c(OC)c(OC)cc2c1-c1c(cc3c(c1OC)OCO3)[C@H](O)[C@H](C)[C@H](C)C2. The van der Waals surface area contributed by atoms with E-state index in [2.05, 4.69) is 6.92 Å². The zero-order valence-corrected chi connectivity index (χ0v) is 21.2. The number of aliphatic hydroxyl groups is 1. The van der Waals surface area contributed by atoms with Crippen LogP contribution in [0, 0.1) is 11.8 Å². The second-order valence-electron chi connectivity index (χ2n) is 8.93. The highest BCUT2D eigenvalue weighted by atomic mass is 16.7. The summed E-state index contributed by atoms with van der Waals surface area (Å²) in [6.45, 7) is 7.58. The number of hydrogen-bond donors (Lipinski definition) is 1. The van der Waals surface area contributed by atoms with Crippen molar-refractivity contribution in [3.8, 4) is 45.6 Å². The molecule has 35 heavy (non-hydrogen) atoms. The molecule has 0 amide bonds. The molecule has 188 valence electrons. The van der Waals surface area contributed by atoms with E-state index in [1.54, 1.807) is 33.1 Å². The van der Waals surface area contributed by atoms with E-state index >= 15 is 0 Å². The Bertz CT molecular complexity index is 1180. The van der Waals surface area contributed by atoms with Crippen molar-refractivity contribution < 1.29 is 38.3 Å². The second kappa shape index (κ2) is 9.70. The number of carbonyl (C=O) groups is 1. The number of ether oxygens (including phenoxy) is 6. The normalized spacial score (nSPS) is 20.8. The lowest BCUT2D eigenvalue weighted by Gasteiger charge is -2.33. The molecule has 0 bridgehead atoms. The predicted octanol–water partition coefficient (Wildman–Crippen LogP) is 4.84. The van der Waals surface area contributed by atoms with E-state index in [9.17, 15) is 9.90 Å². The van der Waals surface area contributed by atoms with Gasteiger partial charge >= 0.3 is 5.97 Å². The number of hydrogen-bond acceptors (Lipinski definition) is 8. The molecular weight excluding hydrogens is 452 g/mol. The van der Waals surface area contributed by atoms with Crippen molar-refractivity contribution in [2.75, 3.05) is 28.1 Å². The number of fused-ring (bicyclic) bond motifs is 4. The van der Waals surface area contributed by atoms with Crippen molar-refractivity contribution in [2.24, 2.45) is 11.8 Å². The standard InChI is InChI=1S/C27H32O8/c1-8-13(2)27(29)35-26-20-16(10-18(30-5)23(26)31-6)9-14(3)15(4)22(28)17-11-19-24(34-12-33-19)25(32-7)21(17)20/h8,10-11,14-15,22,28H,9,12H2,1-7H3/t14-,15-,22-/m1/s1. The summed E-state index contributed by atoms with van der Waals surface area (Å²) in [6.07, 6.45) is 1.45. The average molecular weight is 485 g/mol. The Morgan fingerprint density at radius 1 is 1.03 bits per heavy atom. The van der Waals surface area contributed by atoms with Gasteiger partial charge in [0.05, 0.1) is 27.4 Å². The van der Waals surface area contributed by atoms with Gasteiger partial charge in [0.15, 0.2) is 23.0 Å². The van der Waals surface area contributed by atoms with Crippen LogP contribution in [-0.2, 0) is 11.2 Å². The molecule has 0 unspecified atom stereocenters. The summed E-state index contributed by atoms with van der Waals surface area (Å²) in [5.74, 6) is 1.70. The number of methoxy groups -OCH3 is 3. The van der Waals surface area contributed by atoms with Crippen molar-refractivity contribution >= 4 is 5.97 Å². The van der Waals surface area contributed by atoms with Crippen LogP contribution in [0.4, 0.5) is 0 Å². The minimum absolute atomic E-state index is 0.0394. The minimum Gasteiger partial charge on any atom is -0.493 e. The third-order valence-electron chi connectivity index (χ3n) is 7.02. The molecule has 0 fully saturated rings. The van der Waals surface area contributed by atoms with Crippen LogP contribution in [-0.4, -0.2) is 39.2 Å². The molecule has 0 saturated heterocycles. The van der Waals surface area contributed by atoms with Crippen LogP contribution in [0.2, 0.25) is 0 Å². The average Bonchev–Trinajstić information content (AvgIpc) is 3.33. The van der Waals surface area contributed by atoms with Gasteiger partial charge in [-0.25, -0.2) is 4.79 Å². The fourth-order valence-corrected chi connectivity index (χ4v) is 4.68. The monoisotopic (exact) mass is 484 g/mol. The van der Waals surface area contributed by atoms with E-state index in [1.807, 2.05) is 13.0 Å². The van der Waals surface area contributed by atoms with Gasteiger partial charge in [-0.2, -0.15) is 0 Å². The highest BCUT2D eigenvalue weighted by Crippen LogP contribution is 2.58. The topological polar surface area (TPSA) is 92.7 Å². The number of aliphatic hydroxyl groups excluding tert-OH is 1. The van der Waals surface area contributed by atoms with Gasteiger partial charge in [0.1, 0.15) is 0 Å². The molecule has 3 atom stereocenters. The Morgan fingerprint density at radius 3 is 2.37 bits per heavy atom. The van der Waals surface area contributed by atoms with Crippen molar-refractivity contribution in [3.05, 3.63) is 34.9 Å². The summed E-state index contributed by atoms with van der Waals surface area (Å²) in [7, 11) is 4.56. The van der Waals surface area contributed by atoms with Gasteiger partial charge in [0.25, 0.3) is 0 Å². The Hall–Kier alpha value is -3.39. The Labute approximate surface area is 205 Å². The lowest BCUT2D eigenvalue weighted by molar-refractivity contribution is -0.130. The van der Waals surface area contributed by atoms with Crippen LogP contribution in [0.15, 0.2) is 23.8 Å². The first-order chi connectivity index (χ1) is 16.8. The van der Waals surface area contributed by atoms with Gasteiger partial charge in [-0.15, -0.1) is 0 Å². The van der Waals surface area contributed by atoms with Gasteiger partial charge in [0, 0.05) is 16.7 Å². The van der Waals surface area contributed by atoms with E-state index < -0.39 is 12.1 Å². The zero-order chi connectivity index (χ0) is 25.4. The van der Waals surface area contributed by atoms with E-state index in [4.69, 9.17) is 28.4 Å². The van der Waals surface area contributed by atoms with E-state index in [0.717, 1.165) is 5.56 Å². The first-order valence-electron chi connectivity index (χ1n) is 11.6. The van der Waals surface area contributed by atoms with Gasteiger partial charge in [-0.1, -0.05) is 19.9 Å². The van der Waals surface area contributed by atoms with Gasteiger partial charge in [-0.05, 0) is 55.4 Å². The fraction of sp³-hybridized carbons (Fsp3) is 0.444. The zero-order valence-electron chi connectivity index (χ0n) is 21.2. The first kappa shape index (κ1) is 24.7. The maximum absolute atomic E-state index is 13.0. The van der Waals surface area contributed by atoms with E-state index in [-0.39, 0.29) is 30.1 Å². The lowest BCUT2D eigenvalue weighted by atomic mass is 9.76. The maximum atomic E-state index is 13.0. The molecule has 1 N–H and O–H groups in total. The fourth-order valence-electron chi connectivity index (χ4n) is 4.68. The van der Waals surface area contributed by atoms with Crippen LogP contribution in [0.25, 0.3) is 11.1 Å². The summed E-state index contributed by atoms with van der Waals surface area (Å²) in [4.78, 5) is 13.0. The van der Waals surface area contributed by atoms with Crippen molar-refractivity contribution in [1.29, 1.82) is 0 Å². The quantitative estimate of drug-likeness (QED) is 0.366. The highest BCUT2D eigenvalue weighted by Gasteiger charge is 2.38. The first-order valence-corrected chi connectivity index (χ1v) is 11.6. The van der Waals surface area contributed by atoms with Crippen LogP contribution in [0.3, 0.4) is 0 Å². The number of rotatable bonds is 5. The molecule has 8 nitrogen and oxygen atoms in total. The molecule has 1 heterocycles. The van der Waals surface area contributed by atoms with Crippen molar-refractivity contribution in [2.45, 2.75) is 40.2 Å². The molecule has 1 aliphatic carbocycles. The van der Waals surface area contributed by atoms with Crippen LogP contribution < -0.4 is 28.4 Å². The van der Waals surface area contributed by atoms with Gasteiger partial charge in [-0.3, -0.25) is 0 Å². The van der Waals surface area contributed by atoms with Crippen molar-refractivity contribution in [3.63, 3.8) is 0 Å². The Balaban J connectivity index is 2.15. The molecule has 8 heteroatoms. The third-order valence-corrected chi connectivity index (χ3v) is 7.02. The number of benzene rings is 2. The molecular formula is C27H32O8. The van der Waals surface area contributed by atoms with Crippen LogP contribution in [0.5, 0.6) is 34.5 Å². The second-order valence-corrected chi connectivity index (χ2v) is 8.93. The third kappa shape index (κ3) is 4.05. The molecule has 0 aromatic heterocycles.